The van der Waals surface area contributed by atoms with Crippen molar-refractivity contribution in [2.45, 2.75) is 0 Å². The maximum Gasteiger partial charge on any atom is 0.246 e. The van der Waals surface area contributed by atoms with Crippen LogP contribution in [-0.4, -0.2) is 54.1 Å². The second-order valence-electron chi connectivity index (χ2n) is 6.65. The van der Waals surface area contributed by atoms with Crippen molar-refractivity contribution >= 4 is 17.8 Å². The number of benzene rings is 1. The van der Waals surface area contributed by atoms with Crippen LogP contribution < -0.4 is 9.64 Å². The Bertz CT molecular complexity index is 976. The third kappa shape index (κ3) is 4.45. The zero-order valence-electron chi connectivity index (χ0n) is 16.2. The molecule has 0 saturated carbocycles. The maximum atomic E-state index is 12.4. The number of carbonyl (C=O) groups is 1. The smallest absolute Gasteiger partial charge is 0.246 e. The van der Waals surface area contributed by atoms with Gasteiger partial charge in [0.15, 0.2) is 0 Å². The molecule has 1 saturated heterocycles. The van der Waals surface area contributed by atoms with E-state index in [9.17, 15) is 4.79 Å². The second kappa shape index (κ2) is 8.60. The lowest BCUT2D eigenvalue weighted by Gasteiger charge is -2.35. The van der Waals surface area contributed by atoms with Gasteiger partial charge in [-0.1, -0.05) is 0 Å². The van der Waals surface area contributed by atoms with Gasteiger partial charge in [-0.2, -0.15) is 0 Å². The van der Waals surface area contributed by atoms with Crippen molar-refractivity contribution in [2.75, 3.05) is 38.2 Å². The van der Waals surface area contributed by atoms with E-state index in [0.29, 0.717) is 18.8 Å². The fraction of sp³-hybridized carbons (Fsp3) is 0.227. The first kappa shape index (κ1) is 18.7. The summed E-state index contributed by atoms with van der Waals surface area (Å²) >= 11 is 0. The number of anilines is 1. The van der Waals surface area contributed by atoms with Crippen molar-refractivity contribution in [3.05, 3.63) is 66.9 Å². The van der Waals surface area contributed by atoms with Gasteiger partial charge in [-0.3, -0.25) is 4.79 Å². The highest BCUT2D eigenvalue weighted by atomic mass is 16.5. The van der Waals surface area contributed by atoms with Crippen molar-refractivity contribution in [3.63, 3.8) is 0 Å². The summed E-state index contributed by atoms with van der Waals surface area (Å²) in [4.78, 5) is 25.2. The zero-order chi connectivity index (χ0) is 20.1. The summed E-state index contributed by atoms with van der Waals surface area (Å²) in [6.07, 6.45) is 6.42. The van der Waals surface area contributed by atoms with Gasteiger partial charge in [-0.25, -0.2) is 9.97 Å². The number of hydrogen-bond acceptors (Lipinski definition) is 6. The molecular weight excluding hydrogens is 368 g/mol. The van der Waals surface area contributed by atoms with E-state index in [1.165, 1.54) is 0 Å². The number of methoxy groups -OCH3 is 1. The number of hydrogen-bond donors (Lipinski definition) is 0. The lowest BCUT2D eigenvalue weighted by molar-refractivity contribution is -0.126. The van der Waals surface area contributed by atoms with Crippen LogP contribution in [0.3, 0.4) is 0 Å². The molecule has 1 fully saturated rings. The lowest BCUT2D eigenvalue weighted by Crippen LogP contribution is -2.48. The molecule has 7 nitrogen and oxygen atoms in total. The van der Waals surface area contributed by atoms with Crippen LogP contribution >= 0.6 is 0 Å². The van der Waals surface area contributed by atoms with E-state index in [1.54, 1.807) is 37.9 Å². The first-order valence-electron chi connectivity index (χ1n) is 9.45. The van der Waals surface area contributed by atoms with Gasteiger partial charge in [0, 0.05) is 43.9 Å². The Kier molecular flexibility index (Phi) is 5.56. The number of aromatic nitrogens is 2. The highest BCUT2D eigenvalue weighted by molar-refractivity contribution is 5.91. The molecule has 0 aliphatic carbocycles. The Morgan fingerprint density at radius 1 is 1.10 bits per heavy atom. The van der Waals surface area contributed by atoms with E-state index in [4.69, 9.17) is 9.15 Å². The van der Waals surface area contributed by atoms with Crippen LogP contribution in [-0.2, 0) is 4.79 Å². The van der Waals surface area contributed by atoms with Gasteiger partial charge in [-0.05, 0) is 42.5 Å². The van der Waals surface area contributed by atoms with Crippen molar-refractivity contribution in [3.8, 4) is 17.0 Å². The molecule has 2 aromatic heterocycles. The molecule has 148 valence electrons. The molecule has 7 heteroatoms. The normalized spacial score (nSPS) is 14.4. The number of amides is 1. The Labute approximate surface area is 169 Å². The molecule has 0 atom stereocenters. The molecule has 0 unspecified atom stereocenters. The molecular formula is C22H22N4O3. The van der Waals surface area contributed by atoms with Gasteiger partial charge in [0.05, 0.1) is 19.1 Å². The SMILES string of the molecule is COc1ccc(-c2cc(N3CCN(C(=O)C=Cc4ccco4)CC3)ncn2)cc1. The van der Waals surface area contributed by atoms with Crippen molar-refractivity contribution < 1.29 is 13.9 Å². The van der Waals surface area contributed by atoms with Crippen LogP contribution in [0.4, 0.5) is 5.82 Å². The fourth-order valence-electron chi connectivity index (χ4n) is 3.24. The van der Waals surface area contributed by atoms with Crippen molar-refractivity contribution in [2.24, 2.45) is 0 Å². The predicted molar refractivity (Wildman–Crippen MR) is 111 cm³/mol. The molecule has 29 heavy (non-hydrogen) atoms. The van der Waals surface area contributed by atoms with Crippen molar-refractivity contribution in [1.29, 1.82) is 0 Å². The molecule has 4 rings (SSSR count). The molecule has 1 aromatic carbocycles. The first-order chi connectivity index (χ1) is 14.2. The Morgan fingerprint density at radius 3 is 2.59 bits per heavy atom. The highest BCUT2D eigenvalue weighted by Gasteiger charge is 2.21. The van der Waals surface area contributed by atoms with Crippen LogP contribution in [0.1, 0.15) is 5.76 Å². The Hall–Kier alpha value is -3.61. The van der Waals surface area contributed by atoms with Gasteiger partial charge in [0.25, 0.3) is 0 Å². The summed E-state index contributed by atoms with van der Waals surface area (Å²) in [5.74, 6) is 2.33. The third-order valence-electron chi connectivity index (χ3n) is 4.89. The lowest BCUT2D eigenvalue weighted by atomic mass is 10.1. The minimum atomic E-state index is -0.0114. The summed E-state index contributed by atoms with van der Waals surface area (Å²) in [6.45, 7) is 2.73. The average Bonchev–Trinajstić information content (AvgIpc) is 3.31. The number of carbonyl (C=O) groups excluding carboxylic acids is 1. The zero-order valence-corrected chi connectivity index (χ0v) is 16.2. The number of piperazine rings is 1. The Morgan fingerprint density at radius 2 is 1.90 bits per heavy atom. The van der Waals surface area contributed by atoms with E-state index in [2.05, 4.69) is 14.9 Å². The molecule has 0 radical (unpaired) electrons. The summed E-state index contributed by atoms with van der Waals surface area (Å²) < 4.78 is 10.4. The average molecular weight is 390 g/mol. The number of furan rings is 1. The Balaban J connectivity index is 1.38. The molecule has 3 heterocycles. The quantitative estimate of drug-likeness (QED) is 0.624. The summed E-state index contributed by atoms with van der Waals surface area (Å²) in [6, 6.07) is 13.4. The number of nitrogens with zero attached hydrogens (tertiary/aromatic N) is 4. The summed E-state index contributed by atoms with van der Waals surface area (Å²) in [5, 5.41) is 0. The van der Waals surface area contributed by atoms with E-state index in [-0.39, 0.29) is 5.91 Å². The predicted octanol–water partition coefficient (Wildman–Crippen LogP) is 3.11. The van der Waals surface area contributed by atoms with Crippen LogP contribution in [0.2, 0.25) is 0 Å². The van der Waals surface area contributed by atoms with Gasteiger partial charge < -0.3 is 19.0 Å². The van der Waals surface area contributed by atoms with E-state index in [1.807, 2.05) is 41.3 Å². The van der Waals surface area contributed by atoms with Gasteiger partial charge in [0.1, 0.15) is 23.7 Å². The monoisotopic (exact) mass is 390 g/mol. The first-order valence-corrected chi connectivity index (χ1v) is 9.45. The second-order valence-corrected chi connectivity index (χ2v) is 6.65. The third-order valence-corrected chi connectivity index (χ3v) is 4.89. The van der Waals surface area contributed by atoms with Crippen LogP contribution in [0.15, 0.2) is 65.5 Å². The molecule has 0 bridgehead atoms. The standard InChI is InChI=1S/C22H22N4O3/c1-28-18-6-4-17(5-7-18)20-15-21(24-16-23-20)25-10-12-26(13-11-25)22(27)9-8-19-3-2-14-29-19/h2-9,14-16H,10-13H2,1H3. The molecule has 1 amide bonds. The molecule has 0 N–H and O–H groups in total. The number of rotatable bonds is 5. The maximum absolute atomic E-state index is 12.4. The van der Waals surface area contributed by atoms with Gasteiger partial charge in [-0.15, -0.1) is 0 Å². The molecule has 1 aliphatic rings. The minimum absolute atomic E-state index is 0.0114. The van der Waals surface area contributed by atoms with Crippen LogP contribution in [0, 0.1) is 0 Å². The fourth-order valence-corrected chi connectivity index (χ4v) is 3.24. The largest absolute Gasteiger partial charge is 0.497 e. The topological polar surface area (TPSA) is 71.7 Å². The highest BCUT2D eigenvalue weighted by Crippen LogP contribution is 2.23. The van der Waals surface area contributed by atoms with Crippen molar-refractivity contribution in [1.82, 2.24) is 14.9 Å². The molecule has 0 spiro atoms. The summed E-state index contributed by atoms with van der Waals surface area (Å²) in [7, 11) is 1.65. The van der Waals surface area contributed by atoms with Gasteiger partial charge >= 0.3 is 0 Å². The van der Waals surface area contributed by atoms with E-state index < -0.39 is 0 Å². The van der Waals surface area contributed by atoms with Crippen LogP contribution in [0.25, 0.3) is 17.3 Å². The van der Waals surface area contributed by atoms with E-state index >= 15 is 0 Å². The van der Waals surface area contributed by atoms with Gasteiger partial charge in [0.2, 0.25) is 5.91 Å². The number of ether oxygens (including phenoxy) is 1. The minimum Gasteiger partial charge on any atom is -0.497 e. The molecule has 1 aliphatic heterocycles. The van der Waals surface area contributed by atoms with E-state index in [0.717, 1.165) is 35.9 Å². The summed E-state index contributed by atoms with van der Waals surface area (Å²) in [5.41, 5.74) is 1.86. The van der Waals surface area contributed by atoms with Crippen LogP contribution in [0.5, 0.6) is 5.75 Å². The molecule has 3 aromatic rings.